The summed E-state index contributed by atoms with van der Waals surface area (Å²) in [5.41, 5.74) is 16.1. The Balaban J connectivity index is 1.16. The number of fused-ring (bicyclic) bond motifs is 7. The summed E-state index contributed by atoms with van der Waals surface area (Å²) in [6, 6.07) is 81.0. The Morgan fingerprint density at radius 1 is 0.273 bits per heavy atom. The molecular weight excluding hydrogens is 805 g/mol. The van der Waals surface area contributed by atoms with E-state index in [2.05, 4.69) is 206 Å². The molecule has 0 spiro atoms. The number of furan rings is 2. The molecule has 0 fully saturated rings. The van der Waals surface area contributed by atoms with E-state index in [9.17, 15) is 0 Å². The Kier molecular flexibility index (Phi) is 8.81. The molecule has 4 heteroatoms. The highest BCUT2D eigenvalue weighted by Crippen LogP contribution is 2.48. The lowest BCUT2D eigenvalue weighted by Crippen LogP contribution is -2.01. The maximum absolute atomic E-state index is 6.71. The largest absolute Gasteiger partial charge is 0.455 e. The van der Waals surface area contributed by atoms with Crippen LogP contribution in [-0.4, -0.2) is 9.97 Å². The number of hydrogen-bond acceptors (Lipinski definition) is 4. The summed E-state index contributed by atoms with van der Waals surface area (Å²) in [4.78, 5) is 11.4. The van der Waals surface area contributed by atoms with E-state index in [-0.39, 0.29) is 0 Å². The van der Waals surface area contributed by atoms with Gasteiger partial charge in [0.15, 0.2) is 5.82 Å². The molecule has 0 aliphatic rings. The minimum Gasteiger partial charge on any atom is -0.455 e. The minimum atomic E-state index is 0.590. The van der Waals surface area contributed by atoms with Crippen LogP contribution in [0, 0.1) is 0 Å². The summed E-state index contributed by atoms with van der Waals surface area (Å²) in [5.74, 6) is 0.590. The summed E-state index contributed by atoms with van der Waals surface area (Å²) < 4.78 is 13.4. The summed E-state index contributed by atoms with van der Waals surface area (Å²) in [6.07, 6.45) is 0. The van der Waals surface area contributed by atoms with Crippen molar-refractivity contribution in [3.05, 3.63) is 231 Å². The summed E-state index contributed by atoms with van der Waals surface area (Å²) in [7, 11) is 0. The second-order valence-electron chi connectivity index (χ2n) is 16.8. The van der Waals surface area contributed by atoms with Crippen molar-refractivity contribution in [3.8, 4) is 78.4 Å². The zero-order valence-electron chi connectivity index (χ0n) is 35.7. The molecule has 10 aromatic carbocycles. The van der Waals surface area contributed by atoms with E-state index in [0.29, 0.717) is 5.82 Å². The van der Waals surface area contributed by atoms with Gasteiger partial charge in [0.1, 0.15) is 22.3 Å². The highest BCUT2D eigenvalue weighted by molar-refractivity contribution is 6.12. The number of para-hydroxylation sites is 4. The fourth-order valence-corrected chi connectivity index (χ4v) is 9.87. The number of rotatable bonds is 7. The van der Waals surface area contributed by atoms with E-state index in [0.717, 1.165) is 116 Å². The summed E-state index contributed by atoms with van der Waals surface area (Å²) in [6.45, 7) is 0. The number of aromatic nitrogens is 2. The van der Waals surface area contributed by atoms with Gasteiger partial charge in [0.2, 0.25) is 0 Å². The molecule has 13 aromatic rings. The van der Waals surface area contributed by atoms with Gasteiger partial charge < -0.3 is 8.83 Å². The van der Waals surface area contributed by atoms with Crippen molar-refractivity contribution in [3.63, 3.8) is 0 Å². The number of benzene rings is 10. The monoisotopic (exact) mass is 842 g/mol. The van der Waals surface area contributed by atoms with Gasteiger partial charge in [0.05, 0.1) is 11.4 Å². The Hall–Kier alpha value is -8.86. The lowest BCUT2D eigenvalue weighted by molar-refractivity contribution is 0.669. The van der Waals surface area contributed by atoms with Crippen LogP contribution in [0.5, 0.6) is 0 Å². The van der Waals surface area contributed by atoms with Crippen LogP contribution >= 0.6 is 0 Å². The van der Waals surface area contributed by atoms with Gasteiger partial charge in [0, 0.05) is 43.8 Å². The molecule has 0 aliphatic heterocycles. The van der Waals surface area contributed by atoms with Crippen molar-refractivity contribution in [2.24, 2.45) is 0 Å². The van der Waals surface area contributed by atoms with Crippen LogP contribution in [0.15, 0.2) is 239 Å². The van der Waals surface area contributed by atoms with E-state index >= 15 is 0 Å². The second-order valence-corrected chi connectivity index (χ2v) is 16.8. The van der Waals surface area contributed by atoms with Crippen molar-refractivity contribution >= 4 is 54.6 Å². The van der Waals surface area contributed by atoms with Gasteiger partial charge in [-0.3, -0.25) is 0 Å². The van der Waals surface area contributed by atoms with Crippen LogP contribution < -0.4 is 0 Å². The van der Waals surface area contributed by atoms with Crippen LogP contribution in [0.3, 0.4) is 0 Å². The fourth-order valence-electron chi connectivity index (χ4n) is 9.87. The molecule has 3 heterocycles. The molecule has 308 valence electrons. The van der Waals surface area contributed by atoms with Gasteiger partial charge in [-0.1, -0.05) is 200 Å². The third kappa shape index (κ3) is 6.22. The van der Waals surface area contributed by atoms with Crippen molar-refractivity contribution in [1.82, 2.24) is 9.97 Å². The molecule has 0 amide bonds. The maximum Gasteiger partial charge on any atom is 0.161 e. The zero-order chi connectivity index (χ0) is 43.6. The van der Waals surface area contributed by atoms with Crippen molar-refractivity contribution in [1.29, 1.82) is 0 Å². The predicted molar refractivity (Wildman–Crippen MR) is 272 cm³/mol. The lowest BCUT2D eigenvalue weighted by atomic mass is 9.83. The van der Waals surface area contributed by atoms with Crippen LogP contribution in [0.4, 0.5) is 0 Å². The molecule has 0 bridgehead atoms. The van der Waals surface area contributed by atoms with Gasteiger partial charge >= 0.3 is 0 Å². The topological polar surface area (TPSA) is 52.1 Å². The quantitative estimate of drug-likeness (QED) is 0.160. The Labute approximate surface area is 380 Å². The van der Waals surface area contributed by atoms with Gasteiger partial charge in [-0.15, -0.1) is 0 Å². The molecule has 0 atom stereocenters. The van der Waals surface area contributed by atoms with Crippen molar-refractivity contribution in [2.75, 3.05) is 0 Å². The van der Waals surface area contributed by atoms with E-state index in [1.165, 1.54) is 10.8 Å². The number of hydrogen-bond donors (Lipinski definition) is 0. The Morgan fingerprint density at radius 2 is 0.727 bits per heavy atom. The smallest absolute Gasteiger partial charge is 0.161 e. The van der Waals surface area contributed by atoms with Crippen LogP contribution in [-0.2, 0) is 0 Å². The van der Waals surface area contributed by atoms with Gasteiger partial charge in [-0.2, -0.15) is 0 Å². The highest BCUT2D eigenvalue weighted by atomic mass is 16.3. The average Bonchev–Trinajstić information content (AvgIpc) is 3.97. The van der Waals surface area contributed by atoms with Gasteiger partial charge in [0.25, 0.3) is 0 Å². The first kappa shape index (κ1) is 37.7. The summed E-state index contributed by atoms with van der Waals surface area (Å²) in [5, 5.41) is 6.53. The van der Waals surface area contributed by atoms with Crippen LogP contribution in [0.1, 0.15) is 0 Å². The van der Waals surface area contributed by atoms with E-state index in [4.69, 9.17) is 18.8 Å². The minimum absolute atomic E-state index is 0.590. The lowest BCUT2D eigenvalue weighted by Gasteiger charge is -2.21. The number of nitrogens with zero attached hydrogens (tertiary/aromatic N) is 2. The molecule has 4 nitrogen and oxygen atoms in total. The molecule has 0 aliphatic carbocycles. The van der Waals surface area contributed by atoms with Gasteiger partial charge in [-0.25, -0.2) is 9.97 Å². The normalized spacial score (nSPS) is 11.6. The Bertz CT molecular complexity index is 3840. The zero-order valence-corrected chi connectivity index (χ0v) is 35.7. The van der Waals surface area contributed by atoms with Crippen LogP contribution in [0.25, 0.3) is 133 Å². The van der Waals surface area contributed by atoms with Crippen molar-refractivity contribution in [2.45, 2.75) is 0 Å². The van der Waals surface area contributed by atoms with E-state index in [1.54, 1.807) is 0 Å². The van der Waals surface area contributed by atoms with E-state index < -0.39 is 0 Å². The van der Waals surface area contributed by atoms with E-state index in [1.807, 2.05) is 24.3 Å². The molecular formula is C62H38N2O2. The molecule has 3 aromatic heterocycles. The average molecular weight is 843 g/mol. The predicted octanol–water partition coefficient (Wildman–Crippen LogP) is 17.1. The molecule has 0 saturated heterocycles. The third-order valence-electron chi connectivity index (χ3n) is 13.0. The molecule has 0 unspecified atom stereocenters. The standard InChI is InChI=1S/C62H38N2O2/c1-3-16-39(17-4-1)40-32-34-43(35-33-40)58-49(46-25-13-21-41-20-7-8-22-44(41)46)37-36-45(42-18-5-2-6-19-42)59(58)62-63-54(52-28-14-26-50-47-23-9-11-30-56(47)65-60(50)52)38-55(64-62)53-29-15-27-51-48-24-10-12-31-57(48)66-61(51)53/h1-38H. The first-order valence-electron chi connectivity index (χ1n) is 22.3. The SMILES string of the molecule is c1ccc(-c2ccc(-c3c(-c4cccc5ccccc45)ccc(-c4ccccc4)c3-c3nc(-c4cccc5c4oc4ccccc45)cc(-c4cccc5c4oc4ccccc45)n3)cc2)cc1. The third-order valence-corrected chi connectivity index (χ3v) is 13.0. The molecule has 66 heavy (non-hydrogen) atoms. The Morgan fingerprint density at radius 3 is 1.36 bits per heavy atom. The fraction of sp³-hybridized carbons (Fsp3) is 0. The molecule has 0 saturated carbocycles. The highest BCUT2D eigenvalue weighted by Gasteiger charge is 2.25. The first-order chi connectivity index (χ1) is 32.7. The second kappa shape index (κ2) is 15.4. The van der Waals surface area contributed by atoms with Crippen LogP contribution in [0.2, 0.25) is 0 Å². The maximum atomic E-state index is 6.71. The molecule has 13 rings (SSSR count). The van der Waals surface area contributed by atoms with Gasteiger partial charge in [-0.05, 0) is 80.0 Å². The molecule has 0 N–H and O–H groups in total. The van der Waals surface area contributed by atoms with Crippen molar-refractivity contribution < 1.29 is 8.83 Å². The molecule has 0 radical (unpaired) electrons. The first-order valence-corrected chi connectivity index (χ1v) is 22.3. The summed E-state index contributed by atoms with van der Waals surface area (Å²) >= 11 is 0.